The quantitative estimate of drug-likeness (QED) is 0.307. The zero-order valence-electron chi connectivity index (χ0n) is 25.0. The van der Waals surface area contributed by atoms with Crippen LogP contribution in [0, 0.1) is 0 Å². The molecule has 3 heterocycles. The van der Waals surface area contributed by atoms with Crippen LogP contribution < -0.4 is 0 Å². The summed E-state index contributed by atoms with van der Waals surface area (Å²) in [6.45, 7) is 6.56. The first-order valence-corrected chi connectivity index (χ1v) is 15.3. The number of alkyl halides is 3. The lowest BCUT2D eigenvalue weighted by Crippen LogP contribution is -2.46. The normalized spacial score (nSPS) is 20.1. The van der Waals surface area contributed by atoms with Crippen LogP contribution in [0.15, 0.2) is 78.9 Å². The van der Waals surface area contributed by atoms with E-state index in [-0.39, 0.29) is 17.4 Å². The van der Waals surface area contributed by atoms with Gasteiger partial charge in [0.15, 0.2) is 0 Å². The second kappa shape index (κ2) is 11.9. The van der Waals surface area contributed by atoms with Crippen molar-refractivity contribution >= 4 is 12.0 Å². The zero-order chi connectivity index (χ0) is 31.0. The molecule has 3 fully saturated rings. The average Bonchev–Trinajstić information content (AvgIpc) is 3.32. The van der Waals surface area contributed by atoms with Crippen molar-refractivity contribution in [2.45, 2.75) is 62.9 Å². The van der Waals surface area contributed by atoms with Gasteiger partial charge in [0.1, 0.15) is 5.60 Å². The molecule has 3 aromatic rings. The van der Waals surface area contributed by atoms with Gasteiger partial charge in [-0.15, -0.1) is 0 Å². The van der Waals surface area contributed by atoms with Crippen LogP contribution in [0.4, 0.5) is 18.0 Å². The number of hydrogen-bond donors (Lipinski definition) is 0. The Morgan fingerprint density at radius 3 is 2.00 bits per heavy atom. The van der Waals surface area contributed by atoms with E-state index in [1.165, 1.54) is 17.7 Å². The lowest BCUT2D eigenvalue weighted by Gasteiger charge is -2.40. The average molecular weight is 606 g/mol. The molecule has 0 atom stereocenters. The summed E-state index contributed by atoms with van der Waals surface area (Å²) in [5, 5.41) is 0. The third kappa shape index (κ3) is 6.48. The Morgan fingerprint density at radius 2 is 1.39 bits per heavy atom. The summed E-state index contributed by atoms with van der Waals surface area (Å²) in [7, 11) is 0. The summed E-state index contributed by atoms with van der Waals surface area (Å²) in [5.74, 6) is 0.0363. The molecule has 2 amide bonds. The summed E-state index contributed by atoms with van der Waals surface area (Å²) in [6.07, 6.45) is -1.49. The summed E-state index contributed by atoms with van der Waals surface area (Å²) in [6, 6.07) is 23.3. The number of ether oxygens (including phenoxy) is 1. The molecule has 0 radical (unpaired) electrons. The van der Waals surface area contributed by atoms with Gasteiger partial charge in [-0.25, -0.2) is 4.79 Å². The van der Waals surface area contributed by atoms with Crippen molar-refractivity contribution in [2.24, 2.45) is 0 Å². The molecular formula is C35H38F3N3O3. The highest BCUT2D eigenvalue weighted by molar-refractivity contribution is 5.94. The highest BCUT2D eigenvalue weighted by Gasteiger charge is 2.47. The van der Waals surface area contributed by atoms with Gasteiger partial charge in [0, 0.05) is 57.7 Å². The van der Waals surface area contributed by atoms with E-state index >= 15 is 0 Å². The molecule has 0 aliphatic carbocycles. The summed E-state index contributed by atoms with van der Waals surface area (Å²) >= 11 is 0. The van der Waals surface area contributed by atoms with E-state index in [1.807, 2.05) is 35.2 Å². The number of carbonyl (C=O) groups excluding carboxylic acids is 2. The van der Waals surface area contributed by atoms with E-state index in [0.29, 0.717) is 51.1 Å². The van der Waals surface area contributed by atoms with Gasteiger partial charge in [-0.1, -0.05) is 61.5 Å². The predicted molar refractivity (Wildman–Crippen MR) is 161 cm³/mol. The van der Waals surface area contributed by atoms with Crippen molar-refractivity contribution in [1.82, 2.24) is 14.7 Å². The van der Waals surface area contributed by atoms with E-state index in [9.17, 15) is 22.8 Å². The molecule has 44 heavy (non-hydrogen) atoms. The molecular weight excluding hydrogens is 567 g/mol. The van der Waals surface area contributed by atoms with Gasteiger partial charge in [-0.2, -0.15) is 13.2 Å². The SMILES string of the molecule is CC1(c2ccccc2)CCN(C(=O)c2ccc(CN3CC4(CCN(Cc5ccc(C(F)(F)F)cc5)CC4)OC3=O)cc2)CC1. The van der Waals surface area contributed by atoms with Crippen LogP contribution in [-0.4, -0.2) is 65.0 Å². The summed E-state index contributed by atoms with van der Waals surface area (Å²) in [5.41, 5.74) is 2.61. The Labute approximate surface area is 256 Å². The minimum absolute atomic E-state index is 0.0363. The number of halogens is 3. The first-order chi connectivity index (χ1) is 21.0. The first kappa shape index (κ1) is 30.2. The molecule has 0 saturated carbocycles. The Kier molecular flexibility index (Phi) is 8.18. The highest BCUT2D eigenvalue weighted by Crippen LogP contribution is 2.36. The number of piperidine rings is 2. The van der Waals surface area contributed by atoms with Crippen LogP contribution >= 0.6 is 0 Å². The van der Waals surface area contributed by atoms with Crippen LogP contribution in [0.1, 0.15) is 65.2 Å². The van der Waals surface area contributed by atoms with E-state index < -0.39 is 17.3 Å². The molecule has 0 N–H and O–H groups in total. The number of nitrogens with zero attached hydrogens (tertiary/aromatic N) is 3. The fourth-order valence-corrected chi connectivity index (χ4v) is 6.74. The Morgan fingerprint density at radius 1 is 0.795 bits per heavy atom. The minimum Gasteiger partial charge on any atom is -0.441 e. The lowest BCUT2D eigenvalue weighted by molar-refractivity contribution is -0.137. The second-order valence-electron chi connectivity index (χ2n) is 12.8. The third-order valence-electron chi connectivity index (χ3n) is 9.70. The number of likely N-dealkylation sites (tertiary alicyclic amines) is 2. The van der Waals surface area contributed by atoms with Gasteiger partial charge in [0.2, 0.25) is 0 Å². The number of amides is 2. The van der Waals surface area contributed by atoms with Crippen molar-refractivity contribution < 1.29 is 27.5 Å². The predicted octanol–water partition coefficient (Wildman–Crippen LogP) is 6.89. The molecule has 0 aromatic heterocycles. The molecule has 3 aromatic carbocycles. The topological polar surface area (TPSA) is 53.1 Å². The molecule has 3 saturated heterocycles. The van der Waals surface area contributed by atoms with Crippen molar-refractivity contribution in [3.63, 3.8) is 0 Å². The first-order valence-electron chi connectivity index (χ1n) is 15.3. The highest BCUT2D eigenvalue weighted by atomic mass is 19.4. The lowest BCUT2D eigenvalue weighted by atomic mass is 9.74. The largest absolute Gasteiger partial charge is 0.441 e. The molecule has 3 aliphatic heterocycles. The number of carbonyl (C=O) groups is 2. The molecule has 9 heteroatoms. The van der Waals surface area contributed by atoms with E-state index in [2.05, 4.69) is 36.1 Å². The van der Waals surface area contributed by atoms with Crippen LogP contribution in [0.5, 0.6) is 0 Å². The van der Waals surface area contributed by atoms with Gasteiger partial charge in [-0.05, 0) is 59.2 Å². The molecule has 232 valence electrons. The Bertz CT molecular complexity index is 1460. The Hall–Kier alpha value is -3.85. The molecule has 6 rings (SSSR count). The number of benzene rings is 3. The van der Waals surface area contributed by atoms with E-state index in [1.54, 1.807) is 4.90 Å². The van der Waals surface area contributed by atoms with Crippen molar-refractivity contribution in [3.8, 4) is 0 Å². The fraction of sp³-hybridized carbons (Fsp3) is 0.429. The van der Waals surface area contributed by atoms with Crippen LogP contribution in [-0.2, 0) is 29.4 Å². The fourth-order valence-electron chi connectivity index (χ4n) is 6.74. The summed E-state index contributed by atoms with van der Waals surface area (Å²) in [4.78, 5) is 31.9. The third-order valence-corrected chi connectivity index (χ3v) is 9.70. The van der Waals surface area contributed by atoms with Crippen LogP contribution in [0.2, 0.25) is 0 Å². The van der Waals surface area contributed by atoms with Crippen LogP contribution in [0.3, 0.4) is 0 Å². The smallest absolute Gasteiger partial charge is 0.416 e. The van der Waals surface area contributed by atoms with Crippen LogP contribution in [0.25, 0.3) is 0 Å². The van der Waals surface area contributed by atoms with Crippen molar-refractivity contribution in [1.29, 1.82) is 0 Å². The maximum absolute atomic E-state index is 13.2. The van der Waals surface area contributed by atoms with Gasteiger partial charge < -0.3 is 9.64 Å². The maximum atomic E-state index is 13.2. The van der Waals surface area contributed by atoms with Gasteiger partial charge in [0.25, 0.3) is 5.91 Å². The second-order valence-corrected chi connectivity index (χ2v) is 12.8. The molecule has 1 spiro atoms. The van der Waals surface area contributed by atoms with Gasteiger partial charge in [0.05, 0.1) is 12.1 Å². The molecule has 6 nitrogen and oxygen atoms in total. The molecule has 3 aliphatic rings. The minimum atomic E-state index is -4.34. The maximum Gasteiger partial charge on any atom is 0.416 e. The van der Waals surface area contributed by atoms with Gasteiger partial charge >= 0.3 is 12.3 Å². The Balaban J connectivity index is 0.987. The zero-order valence-corrected chi connectivity index (χ0v) is 25.0. The van der Waals surface area contributed by atoms with Crippen molar-refractivity contribution in [2.75, 3.05) is 32.7 Å². The summed E-state index contributed by atoms with van der Waals surface area (Å²) < 4.78 is 44.5. The number of hydrogen-bond acceptors (Lipinski definition) is 4. The molecule has 0 bridgehead atoms. The monoisotopic (exact) mass is 605 g/mol. The standard InChI is InChI=1S/C35H38F3N3O3/c1-33(29-5-3-2-4-6-29)15-21-40(22-16-33)31(42)28-11-7-27(8-12-28)24-41-25-34(44-32(41)43)17-19-39(20-18-34)23-26-9-13-30(14-10-26)35(36,37)38/h2-14H,15-25H2,1H3. The molecule has 0 unspecified atom stereocenters. The van der Waals surface area contributed by atoms with Crippen molar-refractivity contribution in [3.05, 3.63) is 107 Å². The van der Waals surface area contributed by atoms with E-state index in [4.69, 9.17) is 4.74 Å². The van der Waals surface area contributed by atoms with E-state index in [0.717, 1.165) is 49.2 Å². The number of rotatable bonds is 6. The van der Waals surface area contributed by atoms with Gasteiger partial charge in [-0.3, -0.25) is 14.6 Å².